The van der Waals surface area contributed by atoms with E-state index in [2.05, 4.69) is 10.2 Å². The van der Waals surface area contributed by atoms with Crippen molar-refractivity contribution in [2.45, 2.75) is 18.9 Å². The summed E-state index contributed by atoms with van der Waals surface area (Å²) < 4.78 is 24.0. The average molecular weight is 358 g/mol. The van der Waals surface area contributed by atoms with Gasteiger partial charge in [-0.3, -0.25) is 9.69 Å². The van der Waals surface area contributed by atoms with Crippen LogP contribution in [-0.4, -0.2) is 38.1 Å². The van der Waals surface area contributed by atoms with Crippen LogP contribution in [0.5, 0.6) is 11.5 Å². The molecular formula is C20H23FN2O3. The van der Waals surface area contributed by atoms with Gasteiger partial charge in [-0.05, 0) is 43.7 Å². The third-order valence-corrected chi connectivity index (χ3v) is 4.62. The van der Waals surface area contributed by atoms with E-state index in [9.17, 15) is 9.18 Å². The molecule has 1 heterocycles. The number of nitrogens with zero attached hydrogens (tertiary/aromatic N) is 1. The van der Waals surface area contributed by atoms with Gasteiger partial charge < -0.3 is 14.8 Å². The van der Waals surface area contributed by atoms with E-state index < -0.39 is 0 Å². The van der Waals surface area contributed by atoms with Crippen LogP contribution in [0, 0.1) is 5.82 Å². The predicted octanol–water partition coefficient (Wildman–Crippen LogP) is 3.62. The van der Waals surface area contributed by atoms with Crippen molar-refractivity contribution >= 4 is 11.6 Å². The first kappa shape index (κ1) is 18.2. The Kier molecular flexibility index (Phi) is 5.73. The first-order chi connectivity index (χ1) is 12.6. The zero-order valence-electron chi connectivity index (χ0n) is 15.0. The molecule has 0 aliphatic carbocycles. The van der Waals surface area contributed by atoms with Crippen molar-refractivity contribution in [3.63, 3.8) is 0 Å². The summed E-state index contributed by atoms with van der Waals surface area (Å²) in [4.78, 5) is 14.5. The van der Waals surface area contributed by atoms with Crippen molar-refractivity contribution in [2.75, 3.05) is 32.6 Å². The minimum atomic E-state index is -0.371. The molecule has 138 valence electrons. The third kappa shape index (κ3) is 4.14. The Morgan fingerprint density at radius 1 is 1.23 bits per heavy atom. The van der Waals surface area contributed by atoms with E-state index >= 15 is 0 Å². The van der Waals surface area contributed by atoms with Crippen molar-refractivity contribution in [3.05, 3.63) is 53.8 Å². The number of amides is 1. The number of methoxy groups -OCH3 is 2. The molecule has 3 rings (SSSR count). The summed E-state index contributed by atoms with van der Waals surface area (Å²) in [6, 6.07) is 11.8. The van der Waals surface area contributed by atoms with Crippen LogP contribution in [0.3, 0.4) is 0 Å². The summed E-state index contributed by atoms with van der Waals surface area (Å²) in [6.45, 7) is 1.08. The van der Waals surface area contributed by atoms with Gasteiger partial charge in [-0.2, -0.15) is 0 Å². The zero-order valence-corrected chi connectivity index (χ0v) is 15.0. The number of likely N-dealkylation sites (tertiary alicyclic amines) is 1. The molecule has 26 heavy (non-hydrogen) atoms. The lowest BCUT2D eigenvalue weighted by Gasteiger charge is -2.25. The molecule has 0 saturated carbocycles. The maximum Gasteiger partial charge on any atom is 0.238 e. The van der Waals surface area contributed by atoms with E-state index in [4.69, 9.17) is 9.47 Å². The van der Waals surface area contributed by atoms with Crippen LogP contribution in [0.1, 0.15) is 24.4 Å². The third-order valence-electron chi connectivity index (χ3n) is 4.62. The van der Waals surface area contributed by atoms with Gasteiger partial charge in [-0.1, -0.05) is 12.1 Å². The molecule has 0 aromatic heterocycles. The fourth-order valence-electron chi connectivity index (χ4n) is 3.41. The second-order valence-corrected chi connectivity index (χ2v) is 6.29. The van der Waals surface area contributed by atoms with Gasteiger partial charge in [0.2, 0.25) is 5.91 Å². The Labute approximate surface area is 152 Å². The number of ether oxygens (including phenoxy) is 2. The Bertz CT molecular complexity index is 781. The summed E-state index contributed by atoms with van der Waals surface area (Å²) in [5, 5.41) is 2.76. The summed E-state index contributed by atoms with van der Waals surface area (Å²) in [7, 11) is 3.25. The van der Waals surface area contributed by atoms with Crippen LogP contribution < -0.4 is 14.8 Å². The largest absolute Gasteiger partial charge is 0.497 e. The van der Waals surface area contributed by atoms with Crippen molar-refractivity contribution < 1.29 is 18.7 Å². The van der Waals surface area contributed by atoms with E-state index in [1.54, 1.807) is 26.4 Å². The number of carbonyl (C=O) groups excluding carboxylic acids is 1. The monoisotopic (exact) mass is 358 g/mol. The number of carbonyl (C=O) groups is 1. The molecule has 1 aliphatic rings. The lowest BCUT2D eigenvalue weighted by Crippen LogP contribution is -2.33. The molecule has 6 heteroatoms. The SMILES string of the molecule is COc1ccc([C@@H]2CCCN2CC(=O)Nc2cccc(F)c2)c(OC)c1. The molecule has 0 unspecified atom stereocenters. The van der Waals surface area contributed by atoms with Crippen LogP contribution in [0.15, 0.2) is 42.5 Å². The number of nitrogens with one attached hydrogen (secondary N) is 1. The van der Waals surface area contributed by atoms with Crippen LogP contribution >= 0.6 is 0 Å². The molecule has 1 fully saturated rings. The van der Waals surface area contributed by atoms with Gasteiger partial charge in [-0.15, -0.1) is 0 Å². The molecule has 1 saturated heterocycles. The topological polar surface area (TPSA) is 50.8 Å². The molecule has 2 aromatic carbocycles. The fraction of sp³-hybridized carbons (Fsp3) is 0.350. The van der Waals surface area contributed by atoms with E-state index in [0.717, 1.165) is 36.4 Å². The second-order valence-electron chi connectivity index (χ2n) is 6.29. The lowest BCUT2D eigenvalue weighted by atomic mass is 10.0. The minimum Gasteiger partial charge on any atom is -0.497 e. The Morgan fingerprint density at radius 2 is 2.08 bits per heavy atom. The number of hydrogen-bond acceptors (Lipinski definition) is 4. The van der Waals surface area contributed by atoms with Gasteiger partial charge in [0.25, 0.3) is 0 Å². The summed E-state index contributed by atoms with van der Waals surface area (Å²) in [5.41, 5.74) is 1.51. The normalized spacial score (nSPS) is 17.1. The summed E-state index contributed by atoms with van der Waals surface area (Å²) >= 11 is 0. The van der Waals surface area contributed by atoms with Crippen molar-refractivity contribution in [1.82, 2.24) is 4.90 Å². The molecule has 0 radical (unpaired) electrons. The fourth-order valence-corrected chi connectivity index (χ4v) is 3.41. The number of anilines is 1. The minimum absolute atomic E-state index is 0.106. The number of benzene rings is 2. The van der Waals surface area contributed by atoms with Gasteiger partial charge in [0.15, 0.2) is 0 Å². The molecule has 1 N–H and O–H groups in total. The van der Waals surface area contributed by atoms with Crippen LogP contribution in [0.4, 0.5) is 10.1 Å². The predicted molar refractivity (Wildman–Crippen MR) is 98.1 cm³/mol. The maximum atomic E-state index is 13.3. The molecule has 2 aromatic rings. The molecule has 5 nitrogen and oxygen atoms in total. The van der Waals surface area contributed by atoms with Gasteiger partial charge in [-0.25, -0.2) is 4.39 Å². The van der Waals surface area contributed by atoms with Crippen LogP contribution in [0.2, 0.25) is 0 Å². The highest BCUT2D eigenvalue weighted by Crippen LogP contribution is 2.38. The Balaban J connectivity index is 1.71. The molecular weight excluding hydrogens is 335 g/mol. The summed E-state index contributed by atoms with van der Waals surface area (Å²) in [5.74, 6) is 0.963. The lowest BCUT2D eigenvalue weighted by molar-refractivity contribution is -0.117. The molecule has 1 amide bonds. The van der Waals surface area contributed by atoms with Crippen molar-refractivity contribution in [2.24, 2.45) is 0 Å². The summed E-state index contributed by atoms with van der Waals surface area (Å²) in [6.07, 6.45) is 1.96. The highest BCUT2D eigenvalue weighted by atomic mass is 19.1. The number of halogens is 1. The van der Waals surface area contributed by atoms with E-state index in [1.165, 1.54) is 12.1 Å². The first-order valence-corrected chi connectivity index (χ1v) is 8.62. The molecule has 1 atom stereocenters. The van der Waals surface area contributed by atoms with Gasteiger partial charge in [0.1, 0.15) is 17.3 Å². The number of hydrogen-bond donors (Lipinski definition) is 1. The smallest absolute Gasteiger partial charge is 0.238 e. The highest BCUT2D eigenvalue weighted by molar-refractivity contribution is 5.92. The standard InChI is InChI=1S/C20H23FN2O3/c1-25-16-8-9-17(19(12-16)26-2)18-7-4-10-23(18)13-20(24)22-15-6-3-5-14(21)11-15/h3,5-6,8-9,11-12,18H,4,7,10,13H2,1-2H3,(H,22,24)/t18-/m0/s1. The quantitative estimate of drug-likeness (QED) is 0.857. The van der Waals surface area contributed by atoms with Crippen LogP contribution in [0.25, 0.3) is 0 Å². The van der Waals surface area contributed by atoms with Crippen molar-refractivity contribution in [3.8, 4) is 11.5 Å². The second kappa shape index (κ2) is 8.19. The molecule has 0 bridgehead atoms. The van der Waals surface area contributed by atoms with E-state index in [0.29, 0.717) is 5.69 Å². The van der Waals surface area contributed by atoms with Crippen LogP contribution in [-0.2, 0) is 4.79 Å². The maximum absolute atomic E-state index is 13.3. The molecule has 0 spiro atoms. The van der Waals surface area contributed by atoms with E-state index in [-0.39, 0.29) is 24.3 Å². The van der Waals surface area contributed by atoms with Gasteiger partial charge in [0, 0.05) is 23.4 Å². The van der Waals surface area contributed by atoms with Gasteiger partial charge >= 0.3 is 0 Å². The molecule has 1 aliphatic heterocycles. The van der Waals surface area contributed by atoms with Crippen molar-refractivity contribution in [1.29, 1.82) is 0 Å². The van der Waals surface area contributed by atoms with E-state index in [1.807, 2.05) is 18.2 Å². The first-order valence-electron chi connectivity index (χ1n) is 8.62. The Morgan fingerprint density at radius 3 is 2.81 bits per heavy atom. The van der Waals surface area contributed by atoms with Gasteiger partial charge in [0.05, 0.1) is 20.8 Å². The average Bonchev–Trinajstić information content (AvgIpc) is 3.08. The Hall–Kier alpha value is -2.60. The number of rotatable bonds is 6. The highest BCUT2D eigenvalue weighted by Gasteiger charge is 2.29. The zero-order chi connectivity index (χ0) is 18.5.